The van der Waals surface area contributed by atoms with E-state index in [1.165, 1.54) is 161 Å². The van der Waals surface area contributed by atoms with Crippen molar-refractivity contribution in [3.8, 4) is 81.3 Å². The van der Waals surface area contributed by atoms with E-state index in [1.54, 1.807) is 0 Å². The maximum absolute atomic E-state index is 7.97. The second-order valence-corrected chi connectivity index (χ2v) is 37.4. The van der Waals surface area contributed by atoms with Crippen molar-refractivity contribution in [1.82, 2.24) is 29.9 Å². The molecule has 0 amide bonds. The quantitative estimate of drug-likeness (QED) is 0.0264. The van der Waals surface area contributed by atoms with Gasteiger partial charge in [0.2, 0.25) is 0 Å². The highest BCUT2D eigenvalue weighted by atomic mass is 28.4. The molecule has 15 heteroatoms. The highest BCUT2D eigenvalue weighted by Gasteiger charge is 2.45. The minimum Gasteiger partial charge on any atom is -0.511 e. The van der Waals surface area contributed by atoms with Crippen molar-refractivity contribution in [1.29, 1.82) is 0 Å². The predicted octanol–water partition coefficient (Wildman–Crippen LogP) is 31.0. The average Bonchev–Trinajstić information content (AvgIpc) is 1.71. The average molecular weight is 1570 g/mol. The zero-order chi connectivity index (χ0) is 78.7. The molecule has 0 radical (unpaired) electrons. The van der Waals surface area contributed by atoms with E-state index in [4.69, 9.17) is 67.2 Å². The van der Waals surface area contributed by atoms with Crippen LogP contribution in [0.25, 0.3) is 33.1 Å². The molecule has 7 aromatic carbocycles. The zero-order valence-electron chi connectivity index (χ0n) is 70.0. The number of hydrogen-bond acceptors (Lipinski definition) is 14. The highest BCUT2D eigenvalue weighted by Crippen LogP contribution is 2.59. The summed E-state index contributed by atoms with van der Waals surface area (Å²) in [4.78, 5) is 32.3. The van der Waals surface area contributed by atoms with Gasteiger partial charge in [-0.3, -0.25) is 0 Å². The Morgan fingerprint density at radius 1 is 0.217 bits per heavy atom. The number of aromatic nitrogens is 6. The van der Waals surface area contributed by atoms with Crippen molar-refractivity contribution in [3.05, 3.63) is 166 Å². The Morgan fingerprint density at radius 3 is 0.583 bits per heavy atom. The van der Waals surface area contributed by atoms with Gasteiger partial charge in [-0.1, -0.05) is 309 Å². The number of hydrogen-bond donors (Lipinski definition) is 0. The first-order valence-corrected chi connectivity index (χ1v) is 47.9. The molecule has 7 heterocycles. The number of unbranched alkanes of at least 4 members (excludes halogenated alkanes) is 32. The molecule has 0 saturated heterocycles. The van der Waals surface area contributed by atoms with Gasteiger partial charge >= 0.3 is 8.56 Å². The summed E-state index contributed by atoms with van der Waals surface area (Å²) in [5.74, 6) is 5.87. The third-order valence-electron chi connectivity index (χ3n) is 25.4. The van der Waals surface area contributed by atoms with E-state index in [1.807, 2.05) is 72.8 Å². The molecule has 2 atom stereocenters. The van der Waals surface area contributed by atoms with E-state index >= 15 is 0 Å². The largest absolute Gasteiger partial charge is 0.511 e. The molecular weight excluding hydrogens is 1440 g/mol. The Hall–Kier alpha value is -8.82. The number of nitrogens with zero attached hydrogens (tertiary/aromatic N) is 6. The number of rotatable bonds is 42. The molecule has 0 spiro atoms. The fourth-order valence-electron chi connectivity index (χ4n) is 18.7. The number of benzene rings is 7. The van der Waals surface area contributed by atoms with Gasteiger partial charge in [0.25, 0.3) is 35.3 Å². The number of ether oxygens (including phenoxy) is 6. The van der Waals surface area contributed by atoms with Gasteiger partial charge in [0, 0.05) is 105 Å². The van der Waals surface area contributed by atoms with E-state index in [0.29, 0.717) is 79.7 Å². The van der Waals surface area contributed by atoms with Crippen LogP contribution in [-0.2, 0) is 0 Å². The standard InChI is InChI=1S/C100H126N6O8Si/c1-7-13-17-21-25-29-33-37-41-51-69-73-61-75-70(52-42-38-34-30-26-22-18-14-8-2)77-63-79-72(54-44-40-36-32-28-24-20-16-10-4)80-64-78-71(53-43-39-35-31-27-23-19-15-9-3)76-62-74(69)88-66-90(76)110-98-100(106-86-60-50-48-58-84(86)104-98)112-92(78)68-94(80)114-115(11-5,12-6)113-93(79)67-91(77)111-99-97(103-83-57-47-49-59-85(83)105-99)109-89(75)65-87(73)107-95-96(108-88)102-82-56-46-45-55-81(82)101-95/h45-50,55-72H,7-44,51-54H2,1-6H3. The molecule has 608 valence electrons. The lowest BCUT2D eigenvalue weighted by Crippen LogP contribution is -2.48. The van der Waals surface area contributed by atoms with Crippen molar-refractivity contribution < 1.29 is 37.3 Å². The monoisotopic (exact) mass is 1570 g/mol. The normalized spacial score (nSPS) is 16.4. The SMILES string of the molecule is CCCCCCCCCCCC1c2cc3c4cc2Oc2nc5ccccc5nc2Oc2cc5c(cc21)C(CCCCCCCCCCC)c1cc2c(cc1Oc1nc6ccccc6nc1O5)O[Si](CC)(CC)Oc1cc(c(cc1C2CCCCCCCCCCC)C3CCCCCCCCCCC)Oc1nc2ccccc2nc1O4. The molecule has 1 aliphatic carbocycles. The van der Waals surface area contributed by atoms with Gasteiger partial charge in [0.05, 0.1) is 33.1 Å². The van der Waals surface area contributed by atoms with Crippen molar-refractivity contribution in [2.24, 2.45) is 0 Å². The maximum Gasteiger partial charge on any atom is 0.459 e. The van der Waals surface area contributed by atoms with E-state index in [0.717, 1.165) is 152 Å². The molecule has 8 bridgehead atoms. The van der Waals surface area contributed by atoms with Gasteiger partial charge in [-0.05, 0) is 86.3 Å². The van der Waals surface area contributed by atoms with E-state index < -0.39 is 8.56 Å². The molecular formula is C100H126N6O8Si. The van der Waals surface area contributed by atoms with Crippen LogP contribution in [0.5, 0.6) is 81.3 Å². The Morgan fingerprint density at radius 2 is 0.391 bits per heavy atom. The lowest BCUT2D eigenvalue weighted by molar-refractivity contribution is 0.358. The smallest absolute Gasteiger partial charge is 0.459 e. The summed E-state index contributed by atoms with van der Waals surface area (Å²) in [7, 11) is -3.27. The lowest BCUT2D eigenvalue weighted by atomic mass is 9.76. The predicted molar refractivity (Wildman–Crippen MR) is 468 cm³/mol. The molecule has 15 rings (SSSR count). The molecule has 14 nitrogen and oxygen atoms in total. The molecule has 0 N–H and O–H groups in total. The second kappa shape index (κ2) is 39.9. The molecule has 115 heavy (non-hydrogen) atoms. The zero-order valence-corrected chi connectivity index (χ0v) is 71.0. The van der Waals surface area contributed by atoms with Crippen molar-refractivity contribution >= 4 is 41.7 Å². The van der Waals surface area contributed by atoms with Crippen molar-refractivity contribution in [3.63, 3.8) is 0 Å². The lowest BCUT2D eigenvalue weighted by Gasteiger charge is -2.38. The Kier molecular flexibility index (Phi) is 28.2. The number of para-hydroxylation sites is 6. The fourth-order valence-corrected chi connectivity index (χ4v) is 21.0. The summed E-state index contributed by atoms with van der Waals surface area (Å²) in [6.45, 7) is 13.7. The summed E-state index contributed by atoms with van der Waals surface area (Å²) in [6, 6.07) is 44.1. The van der Waals surface area contributed by atoms with E-state index in [2.05, 4.69) is 90.1 Å². The first-order chi connectivity index (χ1) is 56.7. The van der Waals surface area contributed by atoms with Crippen molar-refractivity contribution in [2.45, 2.75) is 334 Å². The van der Waals surface area contributed by atoms with Gasteiger partial charge in [-0.2, -0.15) is 0 Å². The summed E-state index contributed by atoms with van der Waals surface area (Å²) >= 11 is 0. The van der Waals surface area contributed by atoms with Crippen LogP contribution in [-0.4, -0.2) is 38.5 Å². The summed E-state index contributed by atoms with van der Waals surface area (Å²) in [5.41, 5.74) is 12.6. The summed E-state index contributed by atoms with van der Waals surface area (Å²) < 4.78 is 61.8. The highest BCUT2D eigenvalue weighted by molar-refractivity contribution is 6.68. The van der Waals surface area contributed by atoms with Crippen molar-refractivity contribution in [2.75, 3.05) is 0 Å². The Labute approximate surface area is 686 Å². The molecule has 0 fully saturated rings. The Balaban J connectivity index is 1.03. The Bertz CT molecular complexity index is 4630. The molecule has 4 aliphatic heterocycles. The summed E-state index contributed by atoms with van der Waals surface area (Å²) in [6.07, 6.45) is 46.5. The van der Waals surface area contributed by atoms with Gasteiger partial charge in [-0.15, -0.1) is 0 Å². The van der Waals surface area contributed by atoms with Gasteiger partial charge in [-0.25, -0.2) is 29.9 Å². The first kappa shape index (κ1) is 81.3. The van der Waals surface area contributed by atoms with Crippen LogP contribution in [0.2, 0.25) is 12.1 Å². The molecule has 2 unspecified atom stereocenters. The fraction of sp³-hybridized carbons (Fsp3) is 0.520. The maximum atomic E-state index is 7.97. The minimum absolute atomic E-state index is 0.194. The molecule has 3 aromatic heterocycles. The third kappa shape index (κ3) is 19.4. The van der Waals surface area contributed by atoms with Crippen LogP contribution < -0.4 is 37.3 Å². The summed E-state index contributed by atoms with van der Waals surface area (Å²) in [5, 5.41) is 0. The first-order valence-electron chi connectivity index (χ1n) is 45.7. The molecule has 10 aromatic rings. The topological polar surface area (TPSA) is 151 Å². The number of fused-ring (bicyclic) bond motifs is 6. The van der Waals surface area contributed by atoms with Crippen LogP contribution in [0, 0.1) is 0 Å². The third-order valence-corrected chi connectivity index (χ3v) is 28.7. The van der Waals surface area contributed by atoms with Crippen LogP contribution in [0.15, 0.2) is 121 Å². The van der Waals surface area contributed by atoms with Crippen LogP contribution in [0.1, 0.15) is 367 Å². The molecule has 0 saturated carbocycles. The van der Waals surface area contributed by atoms with Gasteiger partial charge < -0.3 is 37.3 Å². The van der Waals surface area contributed by atoms with Crippen LogP contribution in [0.4, 0.5) is 0 Å². The second-order valence-electron chi connectivity index (χ2n) is 33.8. The van der Waals surface area contributed by atoms with E-state index in [9.17, 15) is 0 Å². The van der Waals surface area contributed by atoms with Gasteiger partial charge in [0.15, 0.2) is 0 Å². The van der Waals surface area contributed by atoms with Crippen LogP contribution in [0.3, 0.4) is 0 Å². The molecule has 5 aliphatic rings. The minimum atomic E-state index is -3.27. The van der Waals surface area contributed by atoms with Gasteiger partial charge in [0.1, 0.15) is 46.0 Å². The van der Waals surface area contributed by atoms with Crippen LogP contribution >= 0.6 is 0 Å². The van der Waals surface area contributed by atoms with E-state index in [-0.39, 0.29) is 59.0 Å².